The SMILES string of the molecule is Cc1ccc(C2CCCN2C(=O)c2nnn(-c3ccc(F)cc3)c2C)cc1. The number of aryl methyl sites for hydroxylation is 1. The number of benzene rings is 2. The minimum Gasteiger partial charge on any atom is -0.330 e. The highest BCUT2D eigenvalue weighted by Gasteiger charge is 2.33. The molecule has 3 aromatic rings. The normalized spacial score (nSPS) is 16.7. The Morgan fingerprint density at radius 1 is 1.07 bits per heavy atom. The van der Waals surface area contributed by atoms with Crippen LogP contribution in [0, 0.1) is 19.7 Å². The van der Waals surface area contributed by atoms with Gasteiger partial charge in [0, 0.05) is 6.54 Å². The first kappa shape index (κ1) is 17.4. The molecule has 0 spiro atoms. The zero-order valence-electron chi connectivity index (χ0n) is 15.4. The molecule has 1 atom stereocenters. The van der Waals surface area contributed by atoms with Gasteiger partial charge in [0.1, 0.15) is 5.82 Å². The molecule has 0 saturated carbocycles. The number of rotatable bonds is 3. The second kappa shape index (κ2) is 6.95. The number of nitrogens with zero attached hydrogens (tertiary/aromatic N) is 4. The number of carbonyl (C=O) groups is 1. The van der Waals surface area contributed by atoms with Crippen LogP contribution >= 0.6 is 0 Å². The lowest BCUT2D eigenvalue weighted by Gasteiger charge is -2.24. The predicted molar refractivity (Wildman–Crippen MR) is 100 cm³/mol. The van der Waals surface area contributed by atoms with Crippen molar-refractivity contribution in [1.82, 2.24) is 19.9 Å². The highest BCUT2D eigenvalue weighted by Crippen LogP contribution is 2.33. The van der Waals surface area contributed by atoms with Crippen LogP contribution in [0.5, 0.6) is 0 Å². The minimum absolute atomic E-state index is 0.0634. The fraction of sp³-hybridized carbons (Fsp3) is 0.286. The third-order valence-electron chi connectivity index (χ3n) is 5.14. The Hall–Kier alpha value is -3.02. The molecule has 0 radical (unpaired) electrons. The van der Waals surface area contributed by atoms with E-state index in [1.807, 2.05) is 11.8 Å². The van der Waals surface area contributed by atoms with Crippen LogP contribution in [0.25, 0.3) is 5.69 Å². The maximum absolute atomic E-state index is 13.2. The number of hydrogen-bond donors (Lipinski definition) is 0. The van der Waals surface area contributed by atoms with Crippen molar-refractivity contribution in [3.63, 3.8) is 0 Å². The van der Waals surface area contributed by atoms with Gasteiger partial charge in [0.05, 0.1) is 17.4 Å². The van der Waals surface area contributed by atoms with Crippen LogP contribution in [0.3, 0.4) is 0 Å². The van der Waals surface area contributed by atoms with E-state index in [9.17, 15) is 9.18 Å². The zero-order chi connectivity index (χ0) is 19.0. The number of hydrogen-bond acceptors (Lipinski definition) is 3. The number of amides is 1. The molecule has 1 fully saturated rings. The zero-order valence-corrected chi connectivity index (χ0v) is 15.4. The molecule has 1 aliphatic heterocycles. The van der Waals surface area contributed by atoms with Gasteiger partial charge in [-0.05, 0) is 56.5 Å². The van der Waals surface area contributed by atoms with Crippen LogP contribution in [0.2, 0.25) is 0 Å². The van der Waals surface area contributed by atoms with Crippen LogP contribution in [0.15, 0.2) is 48.5 Å². The number of carbonyl (C=O) groups excluding carboxylic acids is 1. The first-order valence-electron chi connectivity index (χ1n) is 9.10. The van der Waals surface area contributed by atoms with Crippen molar-refractivity contribution in [2.75, 3.05) is 6.54 Å². The van der Waals surface area contributed by atoms with E-state index in [2.05, 4.69) is 41.5 Å². The minimum atomic E-state index is -0.314. The van der Waals surface area contributed by atoms with Gasteiger partial charge in [0.15, 0.2) is 5.69 Å². The molecule has 0 bridgehead atoms. The summed E-state index contributed by atoms with van der Waals surface area (Å²) < 4.78 is 14.7. The second-order valence-corrected chi connectivity index (χ2v) is 6.98. The Kier molecular flexibility index (Phi) is 4.48. The van der Waals surface area contributed by atoms with Gasteiger partial charge >= 0.3 is 0 Å². The summed E-state index contributed by atoms with van der Waals surface area (Å²) in [6.07, 6.45) is 1.91. The van der Waals surface area contributed by atoms with E-state index in [-0.39, 0.29) is 17.8 Å². The third-order valence-corrected chi connectivity index (χ3v) is 5.14. The van der Waals surface area contributed by atoms with Crippen molar-refractivity contribution < 1.29 is 9.18 Å². The lowest BCUT2D eigenvalue weighted by Crippen LogP contribution is -2.31. The molecule has 0 aliphatic carbocycles. The molecule has 27 heavy (non-hydrogen) atoms. The highest BCUT2D eigenvalue weighted by atomic mass is 19.1. The van der Waals surface area contributed by atoms with E-state index in [1.165, 1.54) is 17.7 Å². The predicted octanol–water partition coefficient (Wildman–Crippen LogP) is 4.00. The topological polar surface area (TPSA) is 51.0 Å². The molecule has 1 unspecified atom stereocenters. The van der Waals surface area contributed by atoms with Crippen LogP contribution in [-0.4, -0.2) is 32.3 Å². The van der Waals surface area contributed by atoms with E-state index in [1.54, 1.807) is 16.8 Å². The fourth-order valence-corrected chi connectivity index (χ4v) is 3.64. The molecule has 4 rings (SSSR count). The molecule has 138 valence electrons. The van der Waals surface area contributed by atoms with Crippen molar-refractivity contribution in [3.8, 4) is 5.69 Å². The largest absolute Gasteiger partial charge is 0.330 e. The summed E-state index contributed by atoms with van der Waals surface area (Å²) in [6.45, 7) is 4.58. The first-order chi connectivity index (χ1) is 13.0. The molecular formula is C21H21FN4O. The average molecular weight is 364 g/mol. The summed E-state index contributed by atoms with van der Waals surface area (Å²) in [7, 11) is 0. The van der Waals surface area contributed by atoms with E-state index in [0.717, 1.165) is 18.4 Å². The molecule has 1 amide bonds. The van der Waals surface area contributed by atoms with Crippen LogP contribution in [0.4, 0.5) is 4.39 Å². The van der Waals surface area contributed by atoms with Crippen molar-refractivity contribution in [2.24, 2.45) is 0 Å². The lowest BCUT2D eigenvalue weighted by molar-refractivity contribution is 0.0729. The smallest absolute Gasteiger partial charge is 0.276 e. The molecule has 6 heteroatoms. The maximum Gasteiger partial charge on any atom is 0.276 e. The van der Waals surface area contributed by atoms with Crippen LogP contribution in [-0.2, 0) is 0 Å². The van der Waals surface area contributed by atoms with Gasteiger partial charge < -0.3 is 4.90 Å². The maximum atomic E-state index is 13.2. The molecule has 0 N–H and O–H groups in total. The van der Waals surface area contributed by atoms with Crippen molar-refractivity contribution >= 4 is 5.91 Å². The fourth-order valence-electron chi connectivity index (χ4n) is 3.64. The summed E-state index contributed by atoms with van der Waals surface area (Å²) in [6, 6.07) is 14.4. The summed E-state index contributed by atoms with van der Waals surface area (Å²) >= 11 is 0. The molecule has 2 aromatic carbocycles. The highest BCUT2D eigenvalue weighted by molar-refractivity contribution is 5.93. The van der Waals surface area contributed by atoms with E-state index in [4.69, 9.17) is 0 Å². The second-order valence-electron chi connectivity index (χ2n) is 6.98. The number of aromatic nitrogens is 3. The van der Waals surface area contributed by atoms with Crippen molar-refractivity contribution in [1.29, 1.82) is 0 Å². The molecular weight excluding hydrogens is 343 g/mol. The average Bonchev–Trinajstić information content (AvgIpc) is 3.30. The third kappa shape index (κ3) is 3.23. The van der Waals surface area contributed by atoms with Crippen molar-refractivity contribution in [3.05, 3.63) is 76.9 Å². The molecule has 5 nitrogen and oxygen atoms in total. The van der Waals surface area contributed by atoms with E-state index in [0.29, 0.717) is 23.6 Å². The number of halogens is 1. The Morgan fingerprint density at radius 2 is 1.78 bits per heavy atom. The van der Waals surface area contributed by atoms with E-state index >= 15 is 0 Å². The van der Waals surface area contributed by atoms with Gasteiger partial charge in [-0.15, -0.1) is 5.10 Å². The monoisotopic (exact) mass is 364 g/mol. The van der Waals surface area contributed by atoms with Gasteiger partial charge in [-0.1, -0.05) is 35.0 Å². The Balaban J connectivity index is 1.62. The van der Waals surface area contributed by atoms with Gasteiger partial charge in [-0.2, -0.15) is 0 Å². The van der Waals surface area contributed by atoms with Crippen LogP contribution < -0.4 is 0 Å². The van der Waals surface area contributed by atoms with Gasteiger partial charge in [0.25, 0.3) is 5.91 Å². The van der Waals surface area contributed by atoms with Gasteiger partial charge in [-0.3, -0.25) is 4.79 Å². The lowest BCUT2D eigenvalue weighted by atomic mass is 10.0. The Morgan fingerprint density at radius 3 is 2.48 bits per heavy atom. The molecule has 1 aliphatic rings. The Labute approximate surface area is 157 Å². The van der Waals surface area contributed by atoms with E-state index < -0.39 is 0 Å². The Bertz CT molecular complexity index is 963. The first-order valence-corrected chi connectivity index (χ1v) is 9.10. The number of likely N-dealkylation sites (tertiary alicyclic amines) is 1. The standard InChI is InChI=1S/C21H21FN4O/c1-14-5-7-16(8-6-14)19-4-3-13-25(19)21(27)20-15(2)26(24-23-20)18-11-9-17(22)10-12-18/h5-12,19H,3-4,13H2,1-2H3. The van der Waals surface area contributed by atoms with Crippen LogP contribution in [0.1, 0.15) is 46.2 Å². The van der Waals surface area contributed by atoms with Gasteiger partial charge in [-0.25, -0.2) is 9.07 Å². The summed E-state index contributed by atoms with van der Waals surface area (Å²) in [5.74, 6) is -0.422. The summed E-state index contributed by atoms with van der Waals surface area (Å²) in [5, 5.41) is 8.24. The molecule has 2 heterocycles. The summed E-state index contributed by atoms with van der Waals surface area (Å²) in [4.78, 5) is 15.1. The molecule has 1 aromatic heterocycles. The van der Waals surface area contributed by atoms with Gasteiger partial charge in [0.2, 0.25) is 0 Å². The summed E-state index contributed by atoms with van der Waals surface area (Å²) in [5.41, 5.74) is 4.03. The molecule has 1 saturated heterocycles. The van der Waals surface area contributed by atoms with Crippen molar-refractivity contribution in [2.45, 2.75) is 32.7 Å². The quantitative estimate of drug-likeness (QED) is 0.706.